The second-order valence-corrected chi connectivity index (χ2v) is 5.78. The highest BCUT2D eigenvalue weighted by Crippen LogP contribution is 2.15. The first kappa shape index (κ1) is 15.1. The zero-order chi connectivity index (χ0) is 16.4. The van der Waals surface area contributed by atoms with Crippen molar-refractivity contribution in [1.82, 2.24) is 14.9 Å². The first-order valence-corrected chi connectivity index (χ1v) is 7.58. The van der Waals surface area contributed by atoms with Crippen LogP contribution in [0.5, 0.6) is 0 Å². The van der Waals surface area contributed by atoms with Crippen LogP contribution in [0.2, 0.25) is 0 Å². The number of benzene rings is 1. The molecule has 5 heteroatoms. The molecule has 3 rings (SSSR count). The highest BCUT2D eigenvalue weighted by atomic mass is 16.1. The molecule has 0 saturated heterocycles. The molecule has 0 aliphatic carbocycles. The average molecular weight is 309 g/mol. The molecule has 2 aromatic heterocycles. The number of aryl methyl sites for hydroxylation is 1. The van der Waals surface area contributed by atoms with Gasteiger partial charge < -0.3 is 14.9 Å². The van der Waals surface area contributed by atoms with Crippen molar-refractivity contribution in [3.63, 3.8) is 0 Å². The number of carbonyl (C=O) groups excluding carboxylic acids is 1. The van der Waals surface area contributed by atoms with Crippen molar-refractivity contribution in [1.29, 1.82) is 0 Å². The lowest BCUT2D eigenvalue weighted by molar-refractivity contribution is 0.0941. The van der Waals surface area contributed by atoms with Gasteiger partial charge >= 0.3 is 0 Å². The van der Waals surface area contributed by atoms with Gasteiger partial charge in [-0.2, -0.15) is 0 Å². The number of hydrogen-bond acceptors (Lipinski definition) is 2. The number of nitrogens with one attached hydrogen (secondary N) is 2. The maximum Gasteiger partial charge on any atom is 0.252 e. The number of carbonyl (C=O) groups is 1. The summed E-state index contributed by atoms with van der Waals surface area (Å²) >= 11 is 0. The van der Waals surface area contributed by atoms with Crippen molar-refractivity contribution in [3.8, 4) is 0 Å². The van der Waals surface area contributed by atoms with E-state index < -0.39 is 0 Å². The predicted molar refractivity (Wildman–Crippen MR) is 90.6 cm³/mol. The van der Waals surface area contributed by atoms with Gasteiger partial charge in [-0.25, -0.2) is 0 Å². The summed E-state index contributed by atoms with van der Waals surface area (Å²) in [5.74, 6) is -0.135. The van der Waals surface area contributed by atoms with Crippen LogP contribution in [0.15, 0.2) is 53.5 Å². The molecule has 0 aliphatic rings. The first-order chi connectivity index (χ1) is 11.0. The minimum atomic E-state index is -0.174. The number of pyridine rings is 1. The lowest BCUT2D eigenvalue weighted by Crippen LogP contribution is -2.34. The lowest BCUT2D eigenvalue weighted by Gasteiger charge is -2.15. The Morgan fingerprint density at radius 1 is 1.22 bits per heavy atom. The van der Waals surface area contributed by atoms with Gasteiger partial charge in [0.15, 0.2) is 0 Å². The molecule has 2 N–H and O–H groups in total. The zero-order valence-corrected chi connectivity index (χ0v) is 13.2. The summed E-state index contributed by atoms with van der Waals surface area (Å²) in [5.41, 5.74) is 2.23. The lowest BCUT2D eigenvalue weighted by atomic mass is 10.1. The summed E-state index contributed by atoms with van der Waals surface area (Å²) in [7, 11) is 1.99. The molecule has 5 nitrogen and oxygen atoms in total. The second kappa shape index (κ2) is 6.12. The van der Waals surface area contributed by atoms with Crippen LogP contribution in [-0.4, -0.2) is 21.5 Å². The molecule has 3 aromatic rings. The molecule has 0 spiro atoms. The second-order valence-electron chi connectivity index (χ2n) is 5.78. The monoisotopic (exact) mass is 309 g/mol. The molecule has 2 heterocycles. The van der Waals surface area contributed by atoms with E-state index in [-0.39, 0.29) is 17.5 Å². The number of amides is 1. The predicted octanol–water partition coefficient (Wildman–Crippen LogP) is 2.23. The van der Waals surface area contributed by atoms with Crippen molar-refractivity contribution in [2.45, 2.75) is 19.4 Å². The maximum absolute atomic E-state index is 12.6. The van der Waals surface area contributed by atoms with Crippen LogP contribution in [0.1, 0.15) is 23.0 Å². The minimum Gasteiger partial charge on any atom is -0.354 e. The molecule has 0 saturated carbocycles. The van der Waals surface area contributed by atoms with E-state index in [2.05, 4.69) is 10.3 Å². The molecular formula is C18H19N3O2. The Hall–Kier alpha value is -2.82. The van der Waals surface area contributed by atoms with E-state index in [1.807, 2.05) is 36.9 Å². The van der Waals surface area contributed by atoms with Crippen LogP contribution in [0.3, 0.4) is 0 Å². The van der Waals surface area contributed by atoms with Gasteiger partial charge in [-0.15, -0.1) is 0 Å². The van der Waals surface area contributed by atoms with Gasteiger partial charge in [-0.1, -0.05) is 6.07 Å². The van der Waals surface area contributed by atoms with E-state index in [1.165, 1.54) is 11.8 Å². The van der Waals surface area contributed by atoms with Gasteiger partial charge in [0.2, 0.25) is 5.56 Å². The van der Waals surface area contributed by atoms with Crippen molar-refractivity contribution in [2.24, 2.45) is 7.05 Å². The Balaban J connectivity index is 1.81. The summed E-state index contributed by atoms with van der Waals surface area (Å²) in [6.45, 7) is 1.98. The highest BCUT2D eigenvalue weighted by molar-refractivity contribution is 6.06. The van der Waals surface area contributed by atoms with Crippen molar-refractivity contribution in [2.75, 3.05) is 0 Å². The van der Waals surface area contributed by atoms with Gasteiger partial charge in [0.25, 0.3) is 5.91 Å². The van der Waals surface area contributed by atoms with Crippen LogP contribution in [0.4, 0.5) is 0 Å². The summed E-state index contributed by atoms with van der Waals surface area (Å²) in [6.07, 6.45) is 2.75. The van der Waals surface area contributed by atoms with E-state index >= 15 is 0 Å². The fourth-order valence-electron chi connectivity index (χ4n) is 2.76. The van der Waals surface area contributed by atoms with Gasteiger partial charge in [-0.05, 0) is 37.3 Å². The largest absolute Gasteiger partial charge is 0.354 e. The number of H-pyrrole nitrogens is 1. The molecule has 1 amide bonds. The molecular weight excluding hydrogens is 290 g/mol. The maximum atomic E-state index is 12.6. The zero-order valence-electron chi connectivity index (χ0n) is 13.2. The van der Waals surface area contributed by atoms with Gasteiger partial charge in [0.05, 0.1) is 0 Å². The van der Waals surface area contributed by atoms with E-state index in [1.54, 1.807) is 24.3 Å². The quantitative estimate of drug-likeness (QED) is 0.776. The Morgan fingerprint density at radius 3 is 2.78 bits per heavy atom. The fourth-order valence-corrected chi connectivity index (χ4v) is 2.76. The van der Waals surface area contributed by atoms with Crippen molar-refractivity contribution >= 4 is 16.8 Å². The van der Waals surface area contributed by atoms with Crippen molar-refractivity contribution < 1.29 is 4.79 Å². The van der Waals surface area contributed by atoms with E-state index in [9.17, 15) is 9.59 Å². The molecule has 0 fully saturated rings. The van der Waals surface area contributed by atoms with Crippen LogP contribution in [0.25, 0.3) is 10.9 Å². The number of aromatic nitrogens is 2. The standard InChI is InChI=1S/C18H19N3O2/c1-12(11-13-5-4-10-21(13)2)19-18(23)15-6-3-7-16-14(15)8-9-17(22)20-16/h3-10,12H,11H2,1-2H3,(H,19,23)(H,20,22). The molecule has 0 radical (unpaired) electrons. The Bertz CT molecular complexity index is 908. The summed E-state index contributed by atoms with van der Waals surface area (Å²) in [4.78, 5) is 26.7. The van der Waals surface area contributed by atoms with Crippen LogP contribution < -0.4 is 10.9 Å². The number of aromatic amines is 1. The van der Waals surface area contributed by atoms with Gasteiger partial charge in [0.1, 0.15) is 0 Å². The number of rotatable bonds is 4. The smallest absolute Gasteiger partial charge is 0.252 e. The van der Waals surface area contributed by atoms with E-state index in [0.29, 0.717) is 11.1 Å². The Labute approximate surface area is 134 Å². The minimum absolute atomic E-state index is 0.00844. The third-order valence-electron chi connectivity index (χ3n) is 3.95. The summed E-state index contributed by atoms with van der Waals surface area (Å²) in [6, 6.07) is 12.5. The number of hydrogen-bond donors (Lipinski definition) is 2. The Kier molecular flexibility index (Phi) is 4.02. The average Bonchev–Trinajstić information content (AvgIpc) is 2.91. The topological polar surface area (TPSA) is 66.9 Å². The van der Waals surface area contributed by atoms with Crippen LogP contribution in [-0.2, 0) is 13.5 Å². The van der Waals surface area contributed by atoms with Gasteiger partial charge in [-0.3, -0.25) is 9.59 Å². The summed E-state index contributed by atoms with van der Waals surface area (Å²) in [5, 5.41) is 3.77. The third kappa shape index (κ3) is 3.18. The molecule has 0 bridgehead atoms. The molecule has 0 aliphatic heterocycles. The molecule has 118 valence electrons. The Morgan fingerprint density at radius 2 is 2.04 bits per heavy atom. The molecule has 1 aromatic carbocycles. The first-order valence-electron chi connectivity index (χ1n) is 7.58. The normalized spacial score (nSPS) is 12.3. The highest BCUT2D eigenvalue weighted by Gasteiger charge is 2.14. The van der Waals surface area contributed by atoms with Gasteiger partial charge in [0, 0.05) is 53.9 Å². The number of fused-ring (bicyclic) bond motifs is 1. The van der Waals surface area contributed by atoms with Crippen molar-refractivity contribution in [3.05, 3.63) is 70.3 Å². The SMILES string of the molecule is CC(Cc1cccn1C)NC(=O)c1cccc2[nH]c(=O)ccc12. The molecule has 23 heavy (non-hydrogen) atoms. The number of nitrogens with zero attached hydrogens (tertiary/aromatic N) is 1. The molecule has 1 unspecified atom stereocenters. The fraction of sp³-hybridized carbons (Fsp3) is 0.222. The molecule has 1 atom stereocenters. The van der Waals surface area contributed by atoms with E-state index in [0.717, 1.165) is 11.8 Å². The summed E-state index contributed by atoms with van der Waals surface area (Å²) < 4.78 is 2.05. The van der Waals surface area contributed by atoms with E-state index in [4.69, 9.17) is 0 Å². The van der Waals surface area contributed by atoms with Crippen LogP contribution in [0, 0.1) is 0 Å². The third-order valence-corrected chi connectivity index (χ3v) is 3.95. The van der Waals surface area contributed by atoms with Crippen LogP contribution >= 0.6 is 0 Å².